The van der Waals surface area contributed by atoms with E-state index < -0.39 is 40.6 Å². The number of aliphatic hydroxyl groups excluding tert-OH is 1. The number of nitriles is 2. The second kappa shape index (κ2) is 38.9. The number of aryl methyl sites for hydroxylation is 2. The molecule has 4 N–H and O–H groups in total. The number of methoxy groups -OCH3 is 4. The number of aromatic nitrogens is 2. The molecular formula is C85H92ClN5O21. The topological polar surface area (TPSA) is 375 Å². The smallest absolute Gasteiger partial charge is 0.397 e. The number of fused-ring (bicyclic) bond motifs is 1. The van der Waals surface area contributed by atoms with Gasteiger partial charge < -0.3 is 72.2 Å². The Bertz CT molecular complexity index is 4710. The molecule has 5 aliphatic rings. The number of furan rings is 1. The molecule has 2 heterocycles. The van der Waals surface area contributed by atoms with Gasteiger partial charge in [-0.25, -0.2) is 4.79 Å². The fourth-order valence-electron chi connectivity index (χ4n) is 14.9. The number of anilines is 1. The molecule has 112 heavy (non-hydrogen) atoms. The number of nitrogens with one attached hydrogen (secondary N) is 1. The second-order valence-corrected chi connectivity index (χ2v) is 28.7. The number of amides is 1. The van der Waals surface area contributed by atoms with Crippen molar-refractivity contribution in [1.29, 1.82) is 10.5 Å². The van der Waals surface area contributed by atoms with Crippen molar-refractivity contribution < 1.29 is 100 Å². The number of ketones is 1. The first kappa shape index (κ1) is 83.0. The first-order chi connectivity index (χ1) is 54.0. The summed E-state index contributed by atoms with van der Waals surface area (Å²) in [5.74, 6) is 0.0423. The molecule has 8 aromatic rings. The molecule has 590 valence electrons. The first-order valence-electron chi connectivity index (χ1n) is 37.5. The number of carbonyl (C=O) groups is 7. The standard InChI is InChI=1S/C23H20ClNO7.C21H22N2O3.C21H25NO6.C20H25NO5/c1-3-31-23(29)22(28)25-15-8-9-16-17(10-11-19(26)30-2)21(32-18(16)12-15)20(27)13-4-6-14(24)7-5-13;1-14-22-21(23-26-14)17-7-5-6-15(12-17)16-10-11-19(24-2)20(13-16)25-18-8-3-4-9-18;1-26-18-5-2-15(21(12-22)8-6-14(7-9-21)20(24)25)10-19(18)28-17-4-3-16(11-17)27-13-23;1-25-17-5-2-14(10-18(17)26-16-4-3-15(22)11-16)20(12-21)8-6-13(7-9-20)19(23)24/h4-9,12H,3,10-11H2,1-2H3,(H,25,28);5-7,10-13,18H,3-4,8-9H2,1-2H3;2,5,10,13-14,16-17H,3-4,6-9,11H2,1H3,(H,24,25);2,5,10,13,15-16,22H,3-4,6-9,11H2,1H3,(H,23,24)/t;;14?,16-,17+,21?;13?,15-,16-,20?/m..10/s1. The molecule has 27 heteroatoms. The number of hydrogen-bond acceptors (Lipinski definition) is 23. The van der Waals surface area contributed by atoms with E-state index in [0.717, 1.165) is 77.8 Å². The molecule has 2 aromatic heterocycles. The lowest BCUT2D eigenvalue weighted by molar-refractivity contribution is -0.152. The number of hydrogen-bond donors (Lipinski definition) is 4. The minimum absolute atomic E-state index is 0.0490. The third-order valence-electron chi connectivity index (χ3n) is 21.1. The van der Waals surface area contributed by atoms with Crippen LogP contribution in [0.3, 0.4) is 0 Å². The summed E-state index contributed by atoms with van der Waals surface area (Å²) in [7, 11) is 6.10. The number of carboxylic acid groups (broad SMARTS) is 2. The monoisotopic (exact) mass is 1550 g/mol. The summed E-state index contributed by atoms with van der Waals surface area (Å²) in [6.45, 7) is 3.92. The highest BCUT2D eigenvalue weighted by Crippen LogP contribution is 2.47. The average Bonchev–Trinajstić information content (AvgIpc) is 1.50. The van der Waals surface area contributed by atoms with Crippen molar-refractivity contribution in [3.63, 3.8) is 0 Å². The molecule has 1 amide bonds. The number of aliphatic carboxylic acids is 2. The number of nitrogens with zero attached hydrogens (tertiary/aromatic N) is 4. The molecule has 4 atom stereocenters. The number of halogens is 1. The van der Waals surface area contributed by atoms with Gasteiger partial charge in [0, 0.05) is 65.0 Å². The van der Waals surface area contributed by atoms with Crippen LogP contribution in [0, 0.1) is 41.4 Å². The van der Waals surface area contributed by atoms with Crippen molar-refractivity contribution in [1.82, 2.24) is 10.1 Å². The van der Waals surface area contributed by atoms with Crippen LogP contribution in [-0.4, -0.2) is 133 Å². The Balaban J connectivity index is 0.000000159. The SMILES string of the molecule is CCOC(=O)C(=O)Nc1ccc2c(CCC(=O)OC)c(C(=O)c3ccc(Cl)cc3)oc2c1.COc1ccc(-c2cccc(-c3noc(C)n3)c2)cc1OC1CCCC1.COc1ccc(C2(C#N)CCC(C(=O)O)CC2)cc1O[C@H]1CC[C@@H](OC=O)C1.COc1ccc(C2(C#N)CCC(C(=O)O)CC2)cc1O[C@H]1CC[C@H](O)C1. The van der Waals surface area contributed by atoms with Crippen molar-refractivity contribution in [2.24, 2.45) is 11.8 Å². The Morgan fingerprint density at radius 1 is 0.625 bits per heavy atom. The van der Waals surface area contributed by atoms with Crippen molar-refractivity contribution in [2.45, 2.75) is 184 Å². The predicted octanol–water partition coefficient (Wildman–Crippen LogP) is 15.2. The first-order valence-corrected chi connectivity index (χ1v) is 37.8. The number of carboxylic acids is 2. The fourth-order valence-corrected chi connectivity index (χ4v) is 15.0. The highest BCUT2D eigenvalue weighted by Gasteiger charge is 2.42. The molecule has 6 aromatic carbocycles. The van der Waals surface area contributed by atoms with Crippen LogP contribution in [0.4, 0.5) is 5.69 Å². The van der Waals surface area contributed by atoms with Crippen LogP contribution < -0.4 is 33.7 Å². The van der Waals surface area contributed by atoms with Gasteiger partial charge in [-0.05, 0) is 217 Å². The van der Waals surface area contributed by atoms with Crippen molar-refractivity contribution in [2.75, 3.05) is 40.4 Å². The maximum atomic E-state index is 13.1. The maximum absolute atomic E-state index is 13.1. The normalized spacial score (nSPS) is 21.0. The van der Waals surface area contributed by atoms with Crippen LogP contribution in [-0.2, 0) is 60.2 Å². The number of ether oxygens (including phenoxy) is 9. The quantitative estimate of drug-likeness (QED) is 0.0143. The van der Waals surface area contributed by atoms with Gasteiger partial charge in [0.2, 0.25) is 17.5 Å². The molecular weight excluding hydrogens is 1460 g/mol. The van der Waals surface area contributed by atoms with Crippen LogP contribution in [0.5, 0.6) is 34.5 Å². The molecule has 0 aliphatic heterocycles. The molecule has 26 nitrogen and oxygen atoms in total. The van der Waals surface area contributed by atoms with Crippen LogP contribution in [0.1, 0.15) is 168 Å². The van der Waals surface area contributed by atoms with Gasteiger partial charge >= 0.3 is 29.8 Å². The van der Waals surface area contributed by atoms with Crippen LogP contribution in [0.25, 0.3) is 33.5 Å². The highest BCUT2D eigenvalue weighted by atomic mass is 35.5. The fraction of sp³-hybridized carbons (Fsp3) is 0.424. The largest absolute Gasteiger partial charge is 0.493 e. The van der Waals surface area contributed by atoms with E-state index in [4.69, 9.17) is 58.4 Å². The van der Waals surface area contributed by atoms with Crippen molar-refractivity contribution in [3.05, 3.63) is 160 Å². The second-order valence-electron chi connectivity index (χ2n) is 28.3. The molecule has 5 aliphatic carbocycles. The molecule has 5 fully saturated rings. The summed E-state index contributed by atoms with van der Waals surface area (Å²) < 4.78 is 60.0. The van der Waals surface area contributed by atoms with Crippen LogP contribution in [0.2, 0.25) is 5.02 Å². The van der Waals surface area contributed by atoms with Crippen LogP contribution in [0.15, 0.2) is 130 Å². The van der Waals surface area contributed by atoms with Gasteiger partial charge in [-0.1, -0.05) is 53.2 Å². The zero-order valence-electron chi connectivity index (χ0n) is 63.4. The number of benzene rings is 6. The Hall–Kier alpha value is -11.5. The number of carbonyl (C=O) groups excluding carboxylic acids is 5. The van der Waals surface area contributed by atoms with Gasteiger partial charge in [-0.2, -0.15) is 15.5 Å². The number of esters is 2. The van der Waals surface area contributed by atoms with Crippen molar-refractivity contribution in [3.8, 4) is 69.2 Å². The number of rotatable bonds is 24. The Morgan fingerprint density at radius 3 is 1.70 bits per heavy atom. The summed E-state index contributed by atoms with van der Waals surface area (Å²) in [6, 6.07) is 41.1. The van der Waals surface area contributed by atoms with E-state index in [1.165, 1.54) is 26.0 Å². The Kier molecular flexibility index (Phi) is 28.9. The Labute approximate surface area is 653 Å². The van der Waals surface area contributed by atoms with E-state index in [1.54, 1.807) is 83.7 Å². The molecule has 5 saturated carbocycles. The van der Waals surface area contributed by atoms with Crippen molar-refractivity contribution >= 4 is 70.3 Å². The average molecular weight is 1560 g/mol. The van der Waals surface area contributed by atoms with E-state index in [9.17, 15) is 59.4 Å². The maximum Gasteiger partial charge on any atom is 0.397 e. The summed E-state index contributed by atoms with van der Waals surface area (Å²) >= 11 is 5.91. The van der Waals surface area contributed by atoms with Gasteiger partial charge in [-0.15, -0.1) is 0 Å². The molecule has 0 bridgehead atoms. The third kappa shape index (κ3) is 20.9. The minimum Gasteiger partial charge on any atom is -0.493 e. The lowest BCUT2D eigenvalue weighted by Gasteiger charge is -2.34. The molecule has 0 spiro atoms. The lowest BCUT2D eigenvalue weighted by Crippen LogP contribution is -2.33. The zero-order valence-corrected chi connectivity index (χ0v) is 64.1. The van der Waals surface area contributed by atoms with E-state index in [-0.39, 0.29) is 79.0 Å². The summed E-state index contributed by atoms with van der Waals surface area (Å²) in [6.07, 6.45) is 12.9. The minimum atomic E-state index is -1.01. The predicted molar refractivity (Wildman–Crippen MR) is 409 cm³/mol. The summed E-state index contributed by atoms with van der Waals surface area (Å²) in [5, 5.41) is 55.4. The number of aliphatic hydroxyl groups is 1. The van der Waals surface area contributed by atoms with E-state index in [1.807, 2.05) is 48.5 Å². The summed E-state index contributed by atoms with van der Waals surface area (Å²) in [5.41, 5.74) is 4.83. The zero-order chi connectivity index (χ0) is 80.1. The van der Waals surface area contributed by atoms with Gasteiger partial charge in [0.05, 0.1) is 82.1 Å². The Morgan fingerprint density at radius 2 is 1.17 bits per heavy atom. The lowest BCUT2D eigenvalue weighted by atomic mass is 9.67. The molecule has 0 saturated heterocycles. The highest BCUT2D eigenvalue weighted by molar-refractivity contribution is 6.37. The van der Waals surface area contributed by atoms with Gasteiger partial charge in [0.25, 0.3) is 6.47 Å². The summed E-state index contributed by atoms with van der Waals surface area (Å²) in [4.78, 5) is 85.5. The van der Waals surface area contributed by atoms with Gasteiger partial charge in [0.15, 0.2) is 40.3 Å². The molecule has 13 rings (SSSR count). The van der Waals surface area contributed by atoms with Crippen LogP contribution >= 0.6 is 11.6 Å². The third-order valence-corrected chi connectivity index (χ3v) is 21.4. The molecule has 0 radical (unpaired) electrons. The van der Waals surface area contributed by atoms with E-state index in [2.05, 4.69) is 50.5 Å². The van der Waals surface area contributed by atoms with Gasteiger partial charge in [-0.3, -0.25) is 28.8 Å². The van der Waals surface area contributed by atoms with Gasteiger partial charge in [0.1, 0.15) is 23.9 Å². The van der Waals surface area contributed by atoms with E-state index >= 15 is 0 Å². The van der Waals surface area contributed by atoms with E-state index in [0.29, 0.717) is 133 Å². The molecule has 0 unspecified atom stereocenters.